The standard InChI is InChI=1S/C15H24N2O3/c1-4-20-13-9-12(10-17-11-13)14(16-2)15(18-3)5-7-19-8-6-15/h9-11,14,16H,4-8H2,1-3H3. The lowest BCUT2D eigenvalue weighted by atomic mass is 9.82. The highest BCUT2D eigenvalue weighted by molar-refractivity contribution is 5.28. The van der Waals surface area contributed by atoms with Crippen LogP contribution < -0.4 is 10.1 Å². The van der Waals surface area contributed by atoms with E-state index in [1.807, 2.05) is 26.2 Å². The number of likely N-dealkylation sites (N-methyl/N-ethyl adjacent to an activating group) is 1. The molecule has 0 amide bonds. The van der Waals surface area contributed by atoms with Crippen LogP contribution in [0.5, 0.6) is 5.75 Å². The Hall–Kier alpha value is -1.17. The highest BCUT2D eigenvalue weighted by Crippen LogP contribution is 2.37. The van der Waals surface area contributed by atoms with Crippen molar-refractivity contribution in [3.63, 3.8) is 0 Å². The summed E-state index contributed by atoms with van der Waals surface area (Å²) in [5, 5.41) is 3.37. The molecule has 1 fully saturated rings. The van der Waals surface area contributed by atoms with E-state index in [0.29, 0.717) is 6.61 Å². The summed E-state index contributed by atoms with van der Waals surface area (Å²) in [6, 6.07) is 2.11. The summed E-state index contributed by atoms with van der Waals surface area (Å²) < 4.78 is 16.9. The molecule has 1 unspecified atom stereocenters. The molecule has 5 nitrogen and oxygen atoms in total. The average molecular weight is 280 g/mol. The Labute approximate surface area is 120 Å². The largest absolute Gasteiger partial charge is 0.492 e. The zero-order chi connectivity index (χ0) is 14.4. The molecule has 112 valence electrons. The van der Waals surface area contributed by atoms with Gasteiger partial charge >= 0.3 is 0 Å². The zero-order valence-corrected chi connectivity index (χ0v) is 12.5. The van der Waals surface area contributed by atoms with E-state index in [9.17, 15) is 0 Å². The summed E-state index contributed by atoms with van der Waals surface area (Å²) in [4.78, 5) is 4.28. The highest BCUT2D eigenvalue weighted by atomic mass is 16.5. The first kappa shape index (κ1) is 15.2. The maximum Gasteiger partial charge on any atom is 0.137 e. The lowest BCUT2D eigenvalue weighted by molar-refractivity contribution is -0.110. The molecule has 0 radical (unpaired) electrons. The number of hydrogen-bond acceptors (Lipinski definition) is 5. The van der Waals surface area contributed by atoms with E-state index in [2.05, 4.69) is 10.3 Å². The van der Waals surface area contributed by atoms with Crippen molar-refractivity contribution in [2.75, 3.05) is 34.0 Å². The molecule has 1 aliphatic rings. The first-order valence-electron chi connectivity index (χ1n) is 7.13. The summed E-state index contributed by atoms with van der Waals surface area (Å²) in [5.41, 5.74) is 0.835. The van der Waals surface area contributed by atoms with Crippen molar-refractivity contribution >= 4 is 0 Å². The van der Waals surface area contributed by atoms with Crippen molar-refractivity contribution in [2.24, 2.45) is 0 Å². The highest BCUT2D eigenvalue weighted by Gasteiger charge is 2.41. The molecule has 1 atom stereocenters. The maximum absolute atomic E-state index is 5.87. The van der Waals surface area contributed by atoms with Crippen LogP contribution in [0.1, 0.15) is 31.4 Å². The molecule has 0 spiro atoms. The number of ether oxygens (including phenoxy) is 3. The number of aromatic nitrogens is 1. The van der Waals surface area contributed by atoms with E-state index in [1.165, 1.54) is 0 Å². The second-order valence-electron chi connectivity index (χ2n) is 4.99. The molecule has 0 aliphatic carbocycles. The van der Waals surface area contributed by atoms with Gasteiger partial charge < -0.3 is 19.5 Å². The third-order valence-electron chi connectivity index (χ3n) is 3.94. The summed E-state index contributed by atoms with van der Waals surface area (Å²) in [5.74, 6) is 0.795. The smallest absolute Gasteiger partial charge is 0.137 e. The molecule has 0 aromatic carbocycles. The third-order valence-corrected chi connectivity index (χ3v) is 3.94. The number of rotatable bonds is 6. The monoisotopic (exact) mass is 280 g/mol. The Morgan fingerprint density at radius 1 is 1.40 bits per heavy atom. The molecule has 2 heterocycles. The molecule has 1 aromatic heterocycles. The number of methoxy groups -OCH3 is 1. The van der Waals surface area contributed by atoms with Gasteiger partial charge in [0, 0.05) is 39.4 Å². The SMILES string of the molecule is CCOc1cncc(C(NC)C2(OC)CCOCC2)c1. The van der Waals surface area contributed by atoms with E-state index in [0.717, 1.165) is 37.4 Å². The van der Waals surface area contributed by atoms with Crippen molar-refractivity contribution < 1.29 is 14.2 Å². The second-order valence-corrected chi connectivity index (χ2v) is 4.99. The van der Waals surface area contributed by atoms with E-state index in [1.54, 1.807) is 13.3 Å². The van der Waals surface area contributed by atoms with Gasteiger partial charge in [0.05, 0.1) is 24.4 Å². The number of hydrogen-bond donors (Lipinski definition) is 1. The fourth-order valence-corrected chi connectivity index (χ4v) is 2.90. The van der Waals surface area contributed by atoms with Crippen LogP contribution in [0.15, 0.2) is 18.5 Å². The Morgan fingerprint density at radius 3 is 2.75 bits per heavy atom. The third kappa shape index (κ3) is 3.11. The van der Waals surface area contributed by atoms with Crippen LogP contribution in [-0.4, -0.2) is 44.6 Å². The molecule has 1 aliphatic heterocycles. The van der Waals surface area contributed by atoms with Gasteiger partial charge in [-0.1, -0.05) is 0 Å². The van der Waals surface area contributed by atoms with Crippen LogP contribution >= 0.6 is 0 Å². The second kappa shape index (κ2) is 7.02. The zero-order valence-electron chi connectivity index (χ0n) is 12.5. The van der Waals surface area contributed by atoms with Crippen molar-refractivity contribution in [3.05, 3.63) is 24.0 Å². The summed E-state index contributed by atoms with van der Waals surface area (Å²) in [6.45, 7) is 4.06. The van der Waals surface area contributed by atoms with Crippen LogP contribution in [-0.2, 0) is 9.47 Å². The van der Waals surface area contributed by atoms with E-state index >= 15 is 0 Å². The Balaban J connectivity index is 2.27. The van der Waals surface area contributed by atoms with Gasteiger partial charge in [-0.25, -0.2) is 0 Å². The van der Waals surface area contributed by atoms with Gasteiger partial charge in [-0.15, -0.1) is 0 Å². The molecule has 0 saturated carbocycles. The van der Waals surface area contributed by atoms with Crippen LogP contribution in [0, 0.1) is 0 Å². The lowest BCUT2D eigenvalue weighted by Crippen LogP contribution is -2.48. The minimum atomic E-state index is -0.250. The minimum Gasteiger partial charge on any atom is -0.492 e. The summed E-state index contributed by atoms with van der Waals surface area (Å²) >= 11 is 0. The van der Waals surface area contributed by atoms with E-state index in [4.69, 9.17) is 14.2 Å². The van der Waals surface area contributed by atoms with E-state index < -0.39 is 0 Å². The Bertz CT molecular complexity index is 419. The van der Waals surface area contributed by atoms with E-state index in [-0.39, 0.29) is 11.6 Å². The topological polar surface area (TPSA) is 52.6 Å². The molecule has 5 heteroatoms. The van der Waals surface area contributed by atoms with Crippen LogP contribution in [0.4, 0.5) is 0 Å². The lowest BCUT2D eigenvalue weighted by Gasteiger charge is -2.42. The fraction of sp³-hybridized carbons (Fsp3) is 0.667. The van der Waals surface area contributed by atoms with Crippen molar-refractivity contribution in [1.29, 1.82) is 0 Å². The Morgan fingerprint density at radius 2 is 2.15 bits per heavy atom. The molecule has 20 heavy (non-hydrogen) atoms. The van der Waals surface area contributed by atoms with Crippen LogP contribution in [0.2, 0.25) is 0 Å². The Kier molecular flexibility index (Phi) is 5.34. The molecule has 1 aromatic rings. The van der Waals surface area contributed by atoms with Gasteiger partial charge in [0.25, 0.3) is 0 Å². The molecule has 1 saturated heterocycles. The minimum absolute atomic E-state index is 0.0734. The normalized spacial score (nSPS) is 19.6. The van der Waals surface area contributed by atoms with Crippen molar-refractivity contribution in [2.45, 2.75) is 31.4 Å². The van der Waals surface area contributed by atoms with Crippen molar-refractivity contribution in [1.82, 2.24) is 10.3 Å². The van der Waals surface area contributed by atoms with Gasteiger partial charge in [0.2, 0.25) is 0 Å². The molecule has 1 N–H and O–H groups in total. The van der Waals surface area contributed by atoms with Crippen LogP contribution in [0.3, 0.4) is 0 Å². The fourth-order valence-electron chi connectivity index (χ4n) is 2.90. The first-order valence-corrected chi connectivity index (χ1v) is 7.13. The first-order chi connectivity index (χ1) is 9.75. The summed E-state index contributed by atoms with van der Waals surface area (Å²) in [7, 11) is 3.73. The molecular weight excluding hydrogens is 256 g/mol. The molecular formula is C15H24N2O3. The number of nitrogens with zero attached hydrogens (tertiary/aromatic N) is 1. The van der Waals surface area contributed by atoms with Crippen LogP contribution in [0.25, 0.3) is 0 Å². The quantitative estimate of drug-likeness (QED) is 0.863. The molecule has 0 bridgehead atoms. The van der Waals surface area contributed by atoms with Gasteiger partial charge in [-0.3, -0.25) is 4.98 Å². The number of pyridine rings is 1. The predicted octanol–water partition coefficient (Wildman–Crippen LogP) is 1.94. The van der Waals surface area contributed by atoms with Gasteiger partial charge in [-0.2, -0.15) is 0 Å². The van der Waals surface area contributed by atoms with Gasteiger partial charge in [0.15, 0.2) is 0 Å². The predicted molar refractivity (Wildman–Crippen MR) is 77.0 cm³/mol. The maximum atomic E-state index is 5.87. The summed E-state index contributed by atoms with van der Waals surface area (Å²) in [6.07, 6.45) is 5.35. The van der Waals surface area contributed by atoms with Gasteiger partial charge in [0.1, 0.15) is 5.75 Å². The molecule has 2 rings (SSSR count). The van der Waals surface area contributed by atoms with Crippen molar-refractivity contribution in [3.8, 4) is 5.75 Å². The number of nitrogens with one attached hydrogen (secondary N) is 1. The van der Waals surface area contributed by atoms with Gasteiger partial charge in [-0.05, 0) is 25.6 Å². The average Bonchev–Trinajstić information content (AvgIpc) is 2.50.